The molecule has 0 radical (unpaired) electrons. The molecular formula is C14H18S. The molecule has 0 aliphatic rings. The lowest BCUT2D eigenvalue weighted by Gasteiger charge is -1.81. The van der Waals surface area contributed by atoms with Crippen molar-refractivity contribution in [2.45, 2.75) is 27.2 Å². The Kier molecular flexibility index (Phi) is 4.57. The normalized spacial score (nSPS) is 16.5. The number of allylic oxidation sites excluding steroid dienone is 1. The Morgan fingerprint density at radius 1 is 1.13 bits per heavy atom. The third-order valence-corrected chi connectivity index (χ3v) is 3.61. The molecule has 0 amide bonds. The molecule has 1 heteroatoms. The van der Waals surface area contributed by atoms with Crippen LogP contribution in [-0.2, 0) is 0 Å². The van der Waals surface area contributed by atoms with Crippen LogP contribution >= 0.6 is 11.3 Å². The molecule has 80 valence electrons. The van der Waals surface area contributed by atoms with Crippen LogP contribution in [-0.4, -0.2) is 0 Å². The largest absolute Gasteiger partial charge is 0.136 e. The summed E-state index contributed by atoms with van der Waals surface area (Å²) in [4.78, 5) is 0. The average molecular weight is 218 g/mol. The molecule has 0 spiro atoms. The van der Waals surface area contributed by atoms with Crippen LogP contribution in [0.1, 0.15) is 27.2 Å². The van der Waals surface area contributed by atoms with E-state index in [0.29, 0.717) is 0 Å². The summed E-state index contributed by atoms with van der Waals surface area (Å²) >= 11 is 1.84. The zero-order valence-corrected chi connectivity index (χ0v) is 10.5. The van der Waals surface area contributed by atoms with Gasteiger partial charge in [0.2, 0.25) is 0 Å². The lowest BCUT2D eigenvalue weighted by atomic mass is 10.2. The molecule has 0 aliphatic carbocycles. The summed E-state index contributed by atoms with van der Waals surface area (Å²) in [6.45, 7) is 10.1. The summed E-state index contributed by atoms with van der Waals surface area (Å²) in [5.41, 5.74) is 0. The molecule has 0 aliphatic heterocycles. The average Bonchev–Trinajstić information content (AvgIpc) is 2.58. The van der Waals surface area contributed by atoms with Gasteiger partial charge in [-0.05, 0) is 30.7 Å². The van der Waals surface area contributed by atoms with E-state index < -0.39 is 0 Å². The van der Waals surface area contributed by atoms with Crippen LogP contribution < -0.4 is 19.5 Å². The topological polar surface area (TPSA) is 0 Å². The number of hydrogen-bond acceptors (Lipinski definition) is 1. The van der Waals surface area contributed by atoms with Crippen LogP contribution in [0.2, 0.25) is 0 Å². The third kappa shape index (κ3) is 2.48. The highest BCUT2D eigenvalue weighted by molar-refractivity contribution is 7.07. The minimum Gasteiger partial charge on any atom is -0.136 e. The Bertz CT molecular complexity index is 556. The number of rotatable bonds is 2. The molecule has 1 heterocycles. The smallest absolute Gasteiger partial charge is 0.0312 e. The monoisotopic (exact) mass is 218 g/mol. The summed E-state index contributed by atoms with van der Waals surface area (Å²) in [6.07, 6.45) is 11.7. The quantitative estimate of drug-likeness (QED) is 0.706. The second-order valence-electron chi connectivity index (χ2n) is 3.25. The van der Waals surface area contributed by atoms with Gasteiger partial charge in [-0.1, -0.05) is 43.9 Å². The van der Waals surface area contributed by atoms with E-state index in [4.69, 9.17) is 0 Å². The molecule has 0 bridgehead atoms. The van der Waals surface area contributed by atoms with Crippen molar-refractivity contribution in [1.29, 1.82) is 0 Å². The Balaban J connectivity index is 3.92. The molecule has 0 aromatic carbocycles. The van der Waals surface area contributed by atoms with Crippen LogP contribution in [0.15, 0.2) is 12.7 Å². The molecule has 1 rings (SSSR count). The maximum absolute atomic E-state index is 3.78. The van der Waals surface area contributed by atoms with Crippen molar-refractivity contribution in [2.24, 2.45) is 0 Å². The van der Waals surface area contributed by atoms with Gasteiger partial charge in [-0.2, -0.15) is 0 Å². The summed E-state index contributed by atoms with van der Waals surface area (Å²) in [5, 5.41) is 2.67. The first-order chi connectivity index (χ1) is 7.28. The van der Waals surface area contributed by atoms with E-state index in [2.05, 4.69) is 51.7 Å². The molecule has 15 heavy (non-hydrogen) atoms. The zero-order chi connectivity index (χ0) is 11.3. The third-order valence-electron chi connectivity index (χ3n) is 2.26. The fourth-order valence-corrected chi connectivity index (χ4v) is 2.69. The van der Waals surface area contributed by atoms with Gasteiger partial charge in [-0.15, -0.1) is 11.3 Å². The van der Waals surface area contributed by atoms with Gasteiger partial charge in [0.25, 0.3) is 0 Å². The Morgan fingerprint density at radius 3 is 2.20 bits per heavy atom. The van der Waals surface area contributed by atoms with E-state index >= 15 is 0 Å². The van der Waals surface area contributed by atoms with Gasteiger partial charge in [-0.25, -0.2) is 0 Å². The Hall–Kier alpha value is -1.08. The molecule has 0 fully saturated rings. The molecule has 0 saturated heterocycles. The molecule has 0 nitrogen and oxygen atoms in total. The van der Waals surface area contributed by atoms with Crippen molar-refractivity contribution in [3.63, 3.8) is 0 Å². The second kappa shape index (κ2) is 5.72. The minimum atomic E-state index is 1.07. The lowest BCUT2D eigenvalue weighted by Crippen LogP contribution is -2.37. The van der Waals surface area contributed by atoms with Gasteiger partial charge in [0.05, 0.1) is 0 Å². The highest BCUT2D eigenvalue weighted by atomic mass is 32.1. The first-order valence-electron chi connectivity index (χ1n) is 5.32. The molecule has 0 unspecified atom stereocenters. The van der Waals surface area contributed by atoms with Crippen molar-refractivity contribution < 1.29 is 0 Å². The van der Waals surface area contributed by atoms with E-state index in [1.807, 2.05) is 17.4 Å². The zero-order valence-electron chi connectivity index (χ0n) is 9.71. The van der Waals surface area contributed by atoms with E-state index in [9.17, 15) is 0 Å². The highest BCUT2D eigenvalue weighted by Gasteiger charge is 1.93. The van der Waals surface area contributed by atoms with Gasteiger partial charge < -0.3 is 0 Å². The predicted molar refractivity (Wildman–Crippen MR) is 72.5 cm³/mol. The Morgan fingerprint density at radius 2 is 1.73 bits per heavy atom. The molecule has 0 N–H and O–H groups in total. The molecule has 1 aromatic rings. The van der Waals surface area contributed by atoms with Crippen molar-refractivity contribution in [3.8, 4) is 0 Å². The van der Waals surface area contributed by atoms with Crippen LogP contribution in [0.25, 0.3) is 24.3 Å². The van der Waals surface area contributed by atoms with Crippen molar-refractivity contribution in [2.75, 3.05) is 0 Å². The second-order valence-corrected chi connectivity index (χ2v) is 4.33. The van der Waals surface area contributed by atoms with Gasteiger partial charge in [-0.3, -0.25) is 0 Å². The van der Waals surface area contributed by atoms with Crippen LogP contribution in [0.5, 0.6) is 0 Å². The SMILES string of the molecule is C=C\C=c1/c(=CC)sc(=C/C)/c1=C\CC. The first kappa shape index (κ1) is 12.0. The first-order valence-corrected chi connectivity index (χ1v) is 6.14. The van der Waals surface area contributed by atoms with Crippen molar-refractivity contribution in [1.82, 2.24) is 0 Å². The van der Waals surface area contributed by atoms with Crippen LogP contribution in [0.3, 0.4) is 0 Å². The molecule has 0 atom stereocenters. The van der Waals surface area contributed by atoms with Crippen LogP contribution in [0, 0.1) is 0 Å². The maximum Gasteiger partial charge on any atom is 0.0312 e. The van der Waals surface area contributed by atoms with Gasteiger partial charge in [0.15, 0.2) is 0 Å². The summed E-state index contributed by atoms with van der Waals surface area (Å²) in [7, 11) is 0. The van der Waals surface area contributed by atoms with Gasteiger partial charge >= 0.3 is 0 Å². The lowest BCUT2D eigenvalue weighted by molar-refractivity contribution is 1.28. The van der Waals surface area contributed by atoms with Crippen molar-refractivity contribution in [3.05, 3.63) is 32.2 Å². The molecule has 1 aromatic heterocycles. The molecule has 0 saturated carbocycles. The van der Waals surface area contributed by atoms with E-state index in [0.717, 1.165) is 6.42 Å². The predicted octanol–water partition coefficient (Wildman–Crippen LogP) is 1.51. The van der Waals surface area contributed by atoms with Gasteiger partial charge in [0, 0.05) is 9.06 Å². The fourth-order valence-electron chi connectivity index (χ4n) is 1.63. The summed E-state index contributed by atoms with van der Waals surface area (Å²) in [5.74, 6) is 0. The standard InChI is InChI=1S/C14H18S/c1-5-9-11-12(10-6-2)14(8-4)15-13(11)7-3/h5,7-10H,1,6H2,2-4H3/b11-9-,12-10-,13-7?,14-8+. The van der Waals surface area contributed by atoms with Crippen LogP contribution in [0.4, 0.5) is 0 Å². The fraction of sp³-hybridized carbons (Fsp3) is 0.286. The Labute approximate surface area is 95.3 Å². The summed E-state index contributed by atoms with van der Waals surface area (Å²) < 4.78 is 2.70. The van der Waals surface area contributed by atoms with E-state index in [-0.39, 0.29) is 0 Å². The number of thiophene rings is 1. The highest BCUT2D eigenvalue weighted by Crippen LogP contribution is 1.76. The minimum absolute atomic E-state index is 1.07. The van der Waals surface area contributed by atoms with E-state index in [1.54, 1.807) is 0 Å². The van der Waals surface area contributed by atoms with Gasteiger partial charge in [0.1, 0.15) is 0 Å². The maximum atomic E-state index is 3.78. The number of hydrogen-bond donors (Lipinski definition) is 0. The molecular weight excluding hydrogens is 200 g/mol. The van der Waals surface area contributed by atoms with E-state index in [1.165, 1.54) is 19.5 Å². The summed E-state index contributed by atoms with van der Waals surface area (Å²) in [6, 6.07) is 0. The van der Waals surface area contributed by atoms with Crippen molar-refractivity contribution >= 4 is 35.6 Å².